The number of allylic oxidation sites excluding steroid dienone is 1. The molecule has 3 fully saturated rings. The normalized spacial score (nSPS) is 46.2. The van der Waals surface area contributed by atoms with Gasteiger partial charge in [-0.2, -0.15) is 0 Å². The Kier molecular flexibility index (Phi) is 3.37. The zero-order valence-corrected chi connectivity index (χ0v) is 15.6. The van der Waals surface area contributed by atoms with Crippen molar-refractivity contribution < 1.29 is 4.79 Å². The number of aromatic nitrogens is 2. The monoisotopic (exact) mass is 338 g/mol. The van der Waals surface area contributed by atoms with Gasteiger partial charge in [-0.1, -0.05) is 19.4 Å². The summed E-state index contributed by atoms with van der Waals surface area (Å²) in [4.78, 5) is 16.3. The van der Waals surface area contributed by atoms with Crippen LogP contribution >= 0.6 is 0 Å². The summed E-state index contributed by atoms with van der Waals surface area (Å²) < 4.78 is 2.38. The van der Waals surface area contributed by atoms with E-state index < -0.39 is 0 Å². The molecule has 1 unspecified atom stereocenters. The highest BCUT2D eigenvalue weighted by Gasteiger charge is 2.59. The van der Waals surface area contributed by atoms with Crippen LogP contribution < -0.4 is 0 Å². The minimum Gasteiger partial charge on any atom is -0.334 e. The van der Waals surface area contributed by atoms with Gasteiger partial charge in [0.2, 0.25) is 0 Å². The second-order valence-corrected chi connectivity index (χ2v) is 9.62. The van der Waals surface area contributed by atoms with E-state index in [0.717, 1.165) is 37.0 Å². The Labute approximate surface area is 150 Å². The third-order valence-corrected chi connectivity index (χ3v) is 8.80. The first-order chi connectivity index (χ1) is 12.0. The van der Waals surface area contributed by atoms with Gasteiger partial charge in [-0.3, -0.25) is 4.79 Å². The fraction of sp³-hybridized carbons (Fsp3) is 0.727. The van der Waals surface area contributed by atoms with Crippen molar-refractivity contribution in [3.63, 3.8) is 0 Å². The summed E-state index contributed by atoms with van der Waals surface area (Å²) in [6, 6.07) is 0.624. The van der Waals surface area contributed by atoms with E-state index in [1.54, 1.807) is 0 Å². The zero-order chi connectivity index (χ0) is 17.2. The number of hydrogen-bond acceptors (Lipinski definition) is 2. The van der Waals surface area contributed by atoms with Gasteiger partial charge in [0.25, 0.3) is 0 Å². The van der Waals surface area contributed by atoms with Crippen molar-refractivity contribution in [3.8, 4) is 0 Å². The van der Waals surface area contributed by atoms with E-state index in [9.17, 15) is 4.79 Å². The average molecular weight is 338 g/mol. The van der Waals surface area contributed by atoms with Gasteiger partial charge in [0.15, 0.2) is 5.78 Å². The predicted molar refractivity (Wildman–Crippen MR) is 98.0 cm³/mol. The summed E-state index contributed by atoms with van der Waals surface area (Å²) >= 11 is 0. The first kappa shape index (κ1) is 15.8. The van der Waals surface area contributed by atoms with E-state index in [2.05, 4.69) is 29.6 Å². The Hall–Kier alpha value is -1.38. The SMILES string of the molecule is C[C@]12CCC(=O)C=C1CC[C@@H]1[C@@H]2CC[C@]2(C)C(n3ccnc3)CC[C@@H]12. The van der Waals surface area contributed by atoms with Crippen molar-refractivity contribution >= 4 is 5.78 Å². The van der Waals surface area contributed by atoms with Gasteiger partial charge in [0.05, 0.1) is 6.33 Å². The van der Waals surface area contributed by atoms with Gasteiger partial charge in [-0.05, 0) is 79.6 Å². The molecular weight excluding hydrogens is 308 g/mol. The van der Waals surface area contributed by atoms with Crippen molar-refractivity contribution in [2.75, 3.05) is 0 Å². The van der Waals surface area contributed by atoms with Crippen LogP contribution in [-0.2, 0) is 4.79 Å². The van der Waals surface area contributed by atoms with Crippen LogP contribution in [0.5, 0.6) is 0 Å². The highest BCUT2D eigenvalue weighted by molar-refractivity contribution is 5.91. The van der Waals surface area contributed by atoms with Crippen molar-refractivity contribution in [1.29, 1.82) is 0 Å². The molecule has 6 atom stereocenters. The molecule has 0 aliphatic heterocycles. The van der Waals surface area contributed by atoms with Crippen LogP contribution in [0.15, 0.2) is 30.4 Å². The average Bonchev–Trinajstić information content (AvgIpc) is 3.22. The van der Waals surface area contributed by atoms with Gasteiger partial charge < -0.3 is 4.57 Å². The summed E-state index contributed by atoms with van der Waals surface area (Å²) in [5.74, 6) is 2.85. The Morgan fingerprint density at radius 3 is 2.76 bits per heavy atom. The van der Waals surface area contributed by atoms with Crippen molar-refractivity contribution in [2.45, 2.75) is 71.3 Å². The maximum Gasteiger partial charge on any atom is 0.155 e. The second kappa shape index (κ2) is 5.31. The molecule has 1 aromatic heterocycles. The van der Waals surface area contributed by atoms with Crippen molar-refractivity contribution in [1.82, 2.24) is 9.55 Å². The van der Waals surface area contributed by atoms with Gasteiger partial charge in [0, 0.05) is 24.9 Å². The topological polar surface area (TPSA) is 34.9 Å². The first-order valence-corrected chi connectivity index (χ1v) is 10.2. The molecule has 0 amide bonds. The van der Waals surface area contributed by atoms with Crippen LogP contribution in [0.4, 0.5) is 0 Å². The molecule has 0 saturated heterocycles. The predicted octanol–water partition coefficient (Wildman–Crippen LogP) is 4.96. The number of nitrogens with zero attached hydrogens (tertiary/aromatic N) is 2. The molecule has 3 saturated carbocycles. The summed E-state index contributed by atoms with van der Waals surface area (Å²) in [6.07, 6.45) is 17.8. The summed E-state index contributed by atoms with van der Waals surface area (Å²) in [5, 5.41) is 0. The number of imidazole rings is 1. The maximum atomic E-state index is 11.9. The molecule has 3 nitrogen and oxygen atoms in total. The van der Waals surface area contributed by atoms with Gasteiger partial charge in [-0.25, -0.2) is 4.98 Å². The molecule has 1 heterocycles. The summed E-state index contributed by atoms with van der Waals surface area (Å²) in [6.45, 7) is 5.04. The molecule has 4 aliphatic carbocycles. The largest absolute Gasteiger partial charge is 0.334 e. The van der Waals surface area contributed by atoms with Crippen LogP contribution in [0, 0.1) is 28.6 Å². The molecule has 0 aromatic carbocycles. The van der Waals surface area contributed by atoms with E-state index in [-0.39, 0.29) is 0 Å². The number of fused-ring (bicyclic) bond motifs is 5. The van der Waals surface area contributed by atoms with Crippen molar-refractivity contribution in [2.24, 2.45) is 28.6 Å². The first-order valence-electron chi connectivity index (χ1n) is 10.2. The van der Waals surface area contributed by atoms with Crippen LogP contribution in [0.3, 0.4) is 0 Å². The Bertz CT molecular complexity index is 720. The van der Waals surface area contributed by atoms with Crippen LogP contribution in [-0.4, -0.2) is 15.3 Å². The summed E-state index contributed by atoms with van der Waals surface area (Å²) in [5.41, 5.74) is 2.20. The smallest absolute Gasteiger partial charge is 0.155 e. The molecule has 1 aromatic rings. The highest BCUT2D eigenvalue weighted by Crippen LogP contribution is 2.67. The second-order valence-electron chi connectivity index (χ2n) is 9.62. The van der Waals surface area contributed by atoms with E-state index in [1.165, 1.54) is 37.7 Å². The van der Waals surface area contributed by atoms with E-state index in [1.807, 2.05) is 18.6 Å². The van der Waals surface area contributed by atoms with Gasteiger partial charge >= 0.3 is 0 Å². The lowest BCUT2D eigenvalue weighted by Crippen LogP contribution is -2.50. The zero-order valence-electron chi connectivity index (χ0n) is 15.6. The molecule has 0 radical (unpaired) electrons. The number of carbonyl (C=O) groups excluding carboxylic acids is 1. The quantitative estimate of drug-likeness (QED) is 0.725. The molecule has 5 rings (SSSR count). The lowest BCUT2D eigenvalue weighted by atomic mass is 9.47. The lowest BCUT2D eigenvalue weighted by Gasteiger charge is -2.58. The van der Waals surface area contributed by atoms with Gasteiger partial charge in [-0.15, -0.1) is 0 Å². The summed E-state index contributed by atoms with van der Waals surface area (Å²) in [7, 11) is 0. The Morgan fingerprint density at radius 2 is 1.96 bits per heavy atom. The molecule has 0 spiro atoms. The molecule has 4 aliphatic rings. The minimum atomic E-state index is 0.297. The molecule has 0 bridgehead atoms. The molecule has 0 N–H and O–H groups in total. The lowest BCUT2D eigenvalue weighted by molar-refractivity contribution is -0.117. The number of rotatable bonds is 1. The van der Waals surface area contributed by atoms with Crippen LogP contribution in [0.1, 0.15) is 71.3 Å². The number of hydrogen-bond donors (Lipinski definition) is 0. The molecule has 25 heavy (non-hydrogen) atoms. The third kappa shape index (κ3) is 2.10. The molecule has 134 valence electrons. The van der Waals surface area contributed by atoms with Crippen LogP contribution in [0.25, 0.3) is 0 Å². The Balaban J connectivity index is 1.48. The van der Waals surface area contributed by atoms with Crippen LogP contribution in [0.2, 0.25) is 0 Å². The molecular formula is C22H30N2O. The fourth-order valence-electron chi connectivity index (χ4n) is 7.48. The Morgan fingerprint density at radius 1 is 1.08 bits per heavy atom. The molecule has 3 heteroatoms. The van der Waals surface area contributed by atoms with Gasteiger partial charge in [0.1, 0.15) is 0 Å². The fourth-order valence-corrected chi connectivity index (χ4v) is 7.48. The third-order valence-electron chi connectivity index (χ3n) is 8.80. The van der Waals surface area contributed by atoms with E-state index >= 15 is 0 Å². The minimum absolute atomic E-state index is 0.297. The highest BCUT2D eigenvalue weighted by atomic mass is 16.1. The number of carbonyl (C=O) groups is 1. The standard InChI is InChI=1S/C22H30N2O/c1-21-9-7-16(25)13-15(21)3-4-17-18-5-6-20(24-12-11-23-14-24)22(18,2)10-8-19(17)21/h11-14,17-20H,3-10H2,1-2H3/t17-,18-,19-,20?,21-,22-/m0/s1. The van der Waals surface area contributed by atoms with E-state index in [0.29, 0.717) is 22.7 Å². The number of ketones is 1. The maximum absolute atomic E-state index is 11.9. The van der Waals surface area contributed by atoms with Crippen molar-refractivity contribution in [3.05, 3.63) is 30.4 Å². The van der Waals surface area contributed by atoms with E-state index in [4.69, 9.17) is 0 Å².